The fraction of sp³-hybridized carbons (Fsp3) is 0.429. The molecular formula is C14H20N4O. The summed E-state index contributed by atoms with van der Waals surface area (Å²) in [6, 6.07) is 6.03. The zero-order chi connectivity index (χ0) is 13.7. The molecular weight excluding hydrogens is 240 g/mol. The number of benzene rings is 1. The first-order chi connectivity index (χ1) is 9.24. The molecule has 0 atom stereocenters. The van der Waals surface area contributed by atoms with Gasteiger partial charge in [0.1, 0.15) is 23.6 Å². The van der Waals surface area contributed by atoms with Gasteiger partial charge in [0.25, 0.3) is 0 Å². The third-order valence-electron chi connectivity index (χ3n) is 2.69. The van der Waals surface area contributed by atoms with Gasteiger partial charge >= 0.3 is 0 Å². The van der Waals surface area contributed by atoms with Gasteiger partial charge in [0, 0.05) is 18.3 Å². The van der Waals surface area contributed by atoms with Crippen LogP contribution in [0, 0.1) is 6.92 Å². The van der Waals surface area contributed by atoms with Crippen LogP contribution in [0.5, 0.6) is 5.75 Å². The van der Waals surface area contributed by atoms with Crippen LogP contribution in [0.2, 0.25) is 0 Å². The van der Waals surface area contributed by atoms with Crippen molar-refractivity contribution < 1.29 is 4.74 Å². The van der Waals surface area contributed by atoms with Crippen LogP contribution in [0.3, 0.4) is 0 Å². The zero-order valence-electron chi connectivity index (χ0n) is 11.7. The standard InChI is InChI=1S/C14H20N4O/c1-4-8-15-12-6-7-13(14(9-12)19-5-2)18-10-16-11(3)17-18/h6-7,9-10,15H,4-5,8H2,1-3H3. The highest BCUT2D eigenvalue weighted by Gasteiger charge is 2.08. The number of rotatable bonds is 6. The fourth-order valence-corrected chi connectivity index (χ4v) is 1.82. The normalized spacial score (nSPS) is 10.5. The lowest BCUT2D eigenvalue weighted by Gasteiger charge is -2.12. The number of nitrogens with zero attached hydrogens (tertiary/aromatic N) is 3. The number of hydrogen-bond acceptors (Lipinski definition) is 4. The van der Waals surface area contributed by atoms with E-state index in [4.69, 9.17) is 4.74 Å². The van der Waals surface area contributed by atoms with Gasteiger partial charge in [-0.1, -0.05) is 6.92 Å². The van der Waals surface area contributed by atoms with E-state index < -0.39 is 0 Å². The van der Waals surface area contributed by atoms with Crippen LogP contribution < -0.4 is 10.1 Å². The smallest absolute Gasteiger partial charge is 0.147 e. The van der Waals surface area contributed by atoms with Crippen LogP contribution in [-0.2, 0) is 0 Å². The monoisotopic (exact) mass is 260 g/mol. The first kappa shape index (κ1) is 13.4. The van der Waals surface area contributed by atoms with Crippen molar-refractivity contribution in [2.75, 3.05) is 18.5 Å². The van der Waals surface area contributed by atoms with Gasteiger partial charge in [-0.25, -0.2) is 9.67 Å². The summed E-state index contributed by atoms with van der Waals surface area (Å²) in [4.78, 5) is 4.15. The Morgan fingerprint density at radius 2 is 2.16 bits per heavy atom. The van der Waals surface area contributed by atoms with Crippen molar-refractivity contribution in [2.24, 2.45) is 0 Å². The lowest BCUT2D eigenvalue weighted by molar-refractivity contribution is 0.338. The molecule has 1 heterocycles. The minimum Gasteiger partial charge on any atom is -0.492 e. The number of aromatic nitrogens is 3. The predicted molar refractivity (Wildman–Crippen MR) is 76.0 cm³/mol. The first-order valence-corrected chi connectivity index (χ1v) is 6.64. The van der Waals surface area contributed by atoms with E-state index in [2.05, 4.69) is 22.3 Å². The average molecular weight is 260 g/mol. The van der Waals surface area contributed by atoms with Crippen LogP contribution in [0.15, 0.2) is 24.5 Å². The average Bonchev–Trinajstić information content (AvgIpc) is 2.83. The molecule has 0 aliphatic heterocycles. The molecule has 0 fully saturated rings. The summed E-state index contributed by atoms with van der Waals surface area (Å²) in [5, 5.41) is 7.67. The van der Waals surface area contributed by atoms with Crippen molar-refractivity contribution in [1.82, 2.24) is 14.8 Å². The highest BCUT2D eigenvalue weighted by Crippen LogP contribution is 2.26. The zero-order valence-corrected chi connectivity index (χ0v) is 11.7. The second kappa shape index (κ2) is 6.22. The van der Waals surface area contributed by atoms with Gasteiger partial charge in [0.2, 0.25) is 0 Å². The highest BCUT2D eigenvalue weighted by atomic mass is 16.5. The van der Waals surface area contributed by atoms with E-state index in [1.807, 2.05) is 32.0 Å². The van der Waals surface area contributed by atoms with Crippen molar-refractivity contribution in [3.05, 3.63) is 30.4 Å². The Balaban J connectivity index is 2.32. The molecule has 0 spiro atoms. The van der Waals surface area contributed by atoms with Crippen molar-refractivity contribution in [2.45, 2.75) is 27.2 Å². The number of ether oxygens (including phenoxy) is 1. The largest absolute Gasteiger partial charge is 0.492 e. The molecule has 2 aromatic rings. The summed E-state index contributed by atoms with van der Waals surface area (Å²) < 4.78 is 7.43. The maximum Gasteiger partial charge on any atom is 0.147 e. The summed E-state index contributed by atoms with van der Waals surface area (Å²) in [7, 11) is 0. The molecule has 0 radical (unpaired) electrons. The Kier molecular flexibility index (Phi) is 4.39. The van der Waals surface area contributed by atoms with Crippen LogP contribution in [0.25, 0.3) is 5.69 Å². The number of aryl methyl sites for hydroxylation is 1. The summed E-state index contributed by atoms with van der Waals surface area (Å²) in [6.45, 7) is 7.56. The SMILES string of the molecule is CCCNc1ccc(-n2cnc(C)n2)c(OCC)c1. The van der Waals surface area contributed by atoms with E-state index >= 15 is 0 Å². The van der Waals surface area contributed by atoms with Crippen LogP contribution in [0.1, 0.15) is 26.1 Å². The molecule has 5 heteroatoms. The molecule has 1 aromatic heterocycles. The summed E-state index contributed by atoms with van der Waals surface area (Å²) in [5.41, 5.74) is 1.97. The second-order valence-corrected chi connectivity index (χ2v) is 4.28. The minimum atomic E-state index is 0.623. The molecule has 1 aromatic carbocycles. The van der Waals surface area contributed by atoms with Gasteiger partial charge in [-0.3, -0.25) is 0 Å². The van der Waals surface area contributed by atoms with Gasteiger partial charge < -0.3 is 10.1 Å². The van der Waals surface area contributed by atoms with Crippen molar-refractivity contribution >= 4 is 5.69 Å². The van der Waals surface area contributed by atoms with E-state index in [9.17, 15) is 0 Å². The van der Waals surface area contributed by atoms with Crippen LogP contribution in [0.4, 0.5) is 5.69 Å². The molecule has 0 amide bonds. The molecule has 102 valence electrons. The van der Waals surface area contributed by atoms with Gasteiger partial charge in [0.05, 0.1) is 6.61 Å². The third-order valence-corrected chi connectivity index (χ3v) is 2.69. The van der Waals surface area contributed by atoms with Crippen molar-refractivity contribution in [3.8, 4) is 11.4 Å². The second-order valence-electron chi connectivity index (χ2n) is 4.28. The quantitative estimate of drug-likeness (QED) is 0.867. The van der Waals surface area contributed by atoms with Crippen LogP contribution in [-0.4, -0.2) is 27.9 Å². The molecule has 0 unspecified atom stereocenters. The Hall–Kier alpha value is -2.04. The van der Waals surface area contributed by atoms with Gasteiger partial charge in [-0.05, 0) is 32.4 Å². The summed E-state index contributed by atoms with van der Waals surface area (Å²) in [5.74, 6) is 1.56. The topological polar surface area (TPSA) is 52.0 Å². The lowest BCUT2D eigenvalue weighted by atomic mass is 10.2. The Labute approximate surface area is 113 Å². The number of nitrogens with one attached hydrogen (secondary N) is 1. The Morgan fingerprint density at radius 3 is 2.79 bits per heavy atom. The molecule has 1 N–H and O–H groups in total. The van der Waals surface area contributed by atoms with E-state index in [0.717, 1.165) is 35.9 Å². The van der Waals surface area contributed by atoms with Crippen molar-refractivity contribution in [1.29, 1.82) is 0 Å². The molecule has 0 aliphatic carbocycles. The first-order valence-electron chi connectivity index (χ1n) is 6.64. The van der Waals surface area contributed by atoms with Gasteiger partial charge in [-0.2, -0.15) is 5.10 Å². The van der Waals surface area contributed by atoms with Crippen molar-refractivity contribution in [3.63, 3.8) is 0 Å². The summed E-state index contributed by atoms with van der Waals surface area (Å²) in [6.07, 6.45) is 2.79. The van der Waals surface area contributed by atoms with E-state index in [0.29, 0.717) is 6.61 Å². The third kappa shape index (κ3) is 3.24. The lowest BCUT2D eigenvalue weighted by Crippen LogP contribution is -2.04. The van der Waals surface area contributed by atoms with Gasteiger partial charge in [-0.15, -0.1) is 0 Å². The molecule has 2 rings (SSSR count). The molecule has 5 nitrogen and oxygen atoms in total. The predicted octanol–water partition coefficient (Wildman–Crippen LogP) is 2.80. The molecule has 0 aliphatic rings. The molecule has 0 bridgehead atoms. The highest BCUT2D eigenvalue weighted by molar-refractivity contribution is 5.57. The molecule has 0 saturated carbocycles. The Bertz CT molecular complexity index is 536. The maximum absolute atomic E-state index is 5.69. The molecule has 0 saturated heterocycles. The molecule has 19 heavy (non-hydrogen) atoms. The number of hydrogen-bond donors (Lipinski definition) is 1. The fourth-order valence-electron chi connectivity index (χ4n) is 1.82. The Morgan fingerprint density at radius 1 is 1.32 bits per heavy atom. The van der Waals surface area contributed by atoms with Gasteiger partial charge in [0.15, 0.2) is 0 Å². The summed E-state index contributed by atoms with van der Waals surface area (Å²) >= 11 is 0. The number of anilines is 1. The van der Waals surface area contributed by atoms with E-state index in [-0.39, 0.29) is 0 Å². The maximum atomic E-state index is 5.69. The van der Waals surface area contributed by atoms with E-state index in [1.165, 1.54) is 0 Å². The van der Waals surface area contributed by atoms with E-state index in [1.54, 1.807) is 11.0 Å². The minimum absolute atomic E-state index is 0.623. The van der Waals surface area contributed by atoms with Crippen LogP contribution >= 0.6 is 0 Å².